The number of carbonyl (C=O) groups is 2. The van der Waals surface area contributed by atoms with Gasteiger partial charge in [0.15, 0.2) is 5.78 Å². The summed E-state index contributed by atoms with van der Waals surface area (Å²) < 4.78 is 0. The monoisotopic (exact) mass is 306 g/mol. The van der Waals surface area contributed by atoms with E-state index in [4.69, 9.17) is 5.11 Å². The number of fused-ring (bicyclic) bond motifs is 4. The molecule has 0 amide bonds. The molecule has 0 fully saturated rings. The SMILES string of the molecule is CC12C=CC(CC(=O)O)=CC1C(=O)c1ccccc1CC1C=C12. The van der Waals surface area contributed by atoms with Gasteiger partial charge in [0.25, 0.3) is 0 Å². The van der Waals surface area contributed by atoms with E-state index in [9.17, 15) is 9.59 Å². The summed E-state index contributed by atoms with van der Waals surface area (Å²) in [5, 5.41) is 9.04. The zero-order valence-corrected chi connectivity index (χ0v) is 13.0. The number of carboxylic acid groups (broad SMARTS) is 1. The number of aliphatic carboxylic acids is 1. The smallest absolute Gasteiger partial charge is 0.307 e. The molecule has 3 atom stereocenters. The third-order valence-electron chi connectivity index (χ3n) is 5.32. The van der Waals surface area contributed by atoms with Crippen molar-refractivity contribution in [3.05, 3.63) is 70.8 Å². The van der Waals surface area contributed by atoms with Crippen LogP contribution in [-0.4, -0.2) is 16.9 Å². The Bertz CT molecular complexity index is 812. The average molecular weight is 306 g/mol. The molecule has 0 saturated carbocycles. The van der Waals surface area contributed by atoms with Gasteiger partial charge in [0.1, 0.15) is 0 Å². The number of rotatable bonds is 2. The molecule has 0 spiro atoms. The van der Waals surface area contributed by atoms with Crippen LogP contribution in [0, 0.1) is 17.3 Å². The van der Waals surface area contributed by atoms with Gasteiger partial charge in [-0.05, 0) is 17.6 Å². The molecule has 3 aliphatic carbocycles. The van der Waals surface area contributed by atoms with Gasteiger partial charge in [0.2, 0.25) is 0 Å². The standard InChI is InChI=1S/C20H18O3/c1-20-7-6-12(9-18(21)22)8-17(20)19(23)15-5-3-2-4-13(15)10-14-11-16(14)20/h2-8,11,14,17H,9-10H2,1H3,(H,21,22). The zero-order valence-electron chi connectivity index (χ0n) is 13.0. The van der Waals surface area contributed by atoms with Crippen LogP contribution in [0.3, 0.4) is 0 Å². The number of ketones is 1. The van der Waals surface area contributed by atoms with E-state index in [0.29, 0.717) is 11.5 Å². The Morgan fingerprint density at radius 1 is 1.30 bits per heavy atom. The van der Waals surface area contributed by atoms with Gasteiger partial charge >= 0.3 is 5.97 Å². The lowest BCUT2D eigenvalue weighted by Crippen LogP contribution is -2.35. The van der Waals surface area contributed by atoms with Crippen molar-refractivity contribution >= 4 is 11.8 Å². The number of hydrogen-bond acceptors (Lipinski definition) is 2. The lowest BCUT2D eigenvalue weighted by molar-refractivity contribution is -0.136. The number of allylic oxidation sites excluding steroid dienone is 5. The number of carboxylic acids is 1. The van der Waals surface area contributed by atoms with E-state index in [0.717, 1.165) is 17.5 Å². The van der Waals surface area contributed by atoms with Gasteiger partial charge in [0, 0.05) is 16.9 Å². The van der Waals surface area contributed by atoms with E-state index in [-0.39, 0.29) is 23.5 Å². The first-order chi connectivity index (χ1) is 11.0. The third kappa shape index (κ3) is 2.19. The average Bonchev–Trinajstić information content (AvgIpc) is 3.28. The molecule has 3 nitrogen and oxygen atoms in total. The summed E-state index contributed by atoms with van der Waals surface area (Å²) in [4.78, 5) is 24.2. The van der Waals surface area contributed by atoms with Gasteiger partial charge in [-0.1, -0.05) is 61.1 Å². The van der Waals surface area contributed by atoms with Crippen LogP contribution in [0.15, 0.2) is 59.7 Å². The molecule has 0 heterocycles. The van der Waals surface area contributed by atoms with Gasteiger partial charge in [-0.15, -0.1) is 0 Å². The molecule has 0 aliphatic heterocycles. The quantitative estimate of drug-likeness (QED) is 0.850. The molecule has 3 heteroatoms. The maximum absolute atomic E-state index is 13.2. The second kappa shape index (κ2) is 4.79. The van der Waals surface area contributed by atoms with Crippen LogP contribution in [-0.2, 0) is 11.2 Å². The lowest BCUT2D eigenvalue weighted by Gasteiger charge is -2.36. The Labute approximate surface area is 135 Å². The van der Waals surface area contributed by atoms with Crippen LogP contribution >= 0.6 is 0 Å². The summed E-state index contributed by atoms with van der Waals surface area (Å²) in [6.07, 6.45) is 8.88. The molecule has 1 aromatic rings. The first kappa shape index (κ1) is 14.2. The maximum Gasteiger partial charge on any atom is 0.307 e. The Balaban J connectivity index is 1.82. The van der Waals surface area contributed by atoms with Crippen molar-refractivity contribution in [2.24, 2.45) is 17.3 Å². The highest BCUT2D eigenvalue weighted by Gasteiger charge is 2.49. The second-order valence-corrected chi connectivity index (χ2v) is 6.86. The van der Waals surface area contributed by atoms with Crippen molar-refractivity contribution in [2.75, 3.05) is 0 Å². The van der Waals surface area contributed by atoms with Crippen LogP contribution in [0.2, 0.25) is 0 Å². The van der Waals surface area contributed by atoms with E-state index >= 15 is 0 Å². The van der Waals surface area contributed by atoms with E-state index < -0.39 is 5.97 Å². The molecule has 3 aliphatic rings. The minimum Gasteiger partial charge on any atom is -0.481 e. The highest BCUT2D eigenvalue weighted by Crippen LogP contribution is 2.55. The van der Waals surface area contributed by atoms with E-state index in [2.05, 4.69) is 13.0 Å². The Morgan fingerprint density at radius 2 is 2.09 bits per heavy atom. The molecule has 0 bridgehead atoms. The van der Waals surface area contributed by atoms with Crippen molar-refractivity contribution in [1.29, 1.82) is 0 Å². The fourth-order valence-electron chi connectivity index (χ4n) is 4.00. The fraction of sp³-hybridized carbons (Fsp3) is 0.300. The van der Waals surface area contributed by atoms with Crippen molar-refractivity contribution < 1.29 is 14.7 Å². The summed E-state index contributed by atoms with van der Waals surface area (Å²) in [7, 11) is 0. The summed E-state index contributed by atoms with van der Waals surface area (Å²) >= 11 is 0. The van der Waals surface area contributed by atoms with Gasteiger partial charge in [-0.3, -0.25) is 9.59 Å². The maximum atomic E-state index is 13.2. The fourth-order valence-corrected chi connectivity index (χ4v) is 4.00. The van der Waals surface area contributed by atoms with Crippen LogP contribution in [0.25, 0.3) is 0 Å². The van der Waals surface area contributed by atoms with Crippen molar-refractivity contribution in [3.63, 3.8) is 0 Å². The third-order valence-corrected chi connectivity index (χ3v) is 5.32. The predicted molar refractivity (Wildman–Crippen MR) is 87.1 cm³/mol. The van der Waals surface area contributed by atoms with Crippen molar-refractivity contribution in [1.82, 2.24) is 0 Å². The van der Waals surface area contributed by atoms with Crippen LogP contribution in [0.5, 0.6) is 0 Å². The van der Waals surface area contributed by atoms with Gasteiger partial charge < -0.3 is 5.11 Å². The molecular formula is C20H18O3. The highest BCUT2D eigenvalue weighted by atomic mass is 16.4. The minimum absolute atomic E-state index is 0.0412. The molecule has 0 radical (unpaired) electrons. The molecule has 23 heavy (non-hydrogen) atoms. The van der Waals surface area contributed by atoms with Crippen LogP contribution in [0.1, 0.15) is 29.3 Å². The predicted octanol–water partition coefficient (Wildman–Crippen LogP) is 3.58. The van der Waals surface area contributed by atoms with Crippen LogP contribution < -0.4 is 0 Å². The van der Waals surface area contributed by atoms with E-state index in [1.165, 1.54) is 5.57 Å². The first-order valence-electron chi connectivity index (χ1n) is 7.95. The molecular weight excluding hydrogens is 288 g/mol. The molecule has 4 rings (SSSR count). The number of Topliss-reactive ketones (excluding diaryl/α,β-unsaturated/α-hetero) is 1. The Hall–Kier alpha value is -2.42. The molecule has 1 aromatic carbocycles. The van der Waals surface area contributed by atoms with Gasteiger partial charge in [0.05, 0.1) is 12.3 Å². The summed E-state index contributed by atoms with van der Waals surface area (Å²) in [5.41, 5.74) is 3.58. The molecule has 116 valence electrons. The van der Waals surface area contributed by atoms with Crippen LogP contribution in [0.4, 0.5) is 0 Å². The van der Waals surface area contributed by atoms with Crippen molar-refractivity contribution in [2.45, 2.75) is 19.8 Å². The number of benzene rings is 1. The molecule has 0 aromatic heterocycles. The molecule has 3 unspecified atom stereocenters. The highest BCUT2D eigenvalue weighted by molar-refractivity contribution is 6.02. The lowest BCUT2D eigenvalue weighted by atomic mass is 9.65. The number of carbonyl (C=O) groups excluding carboxylic acids is 1. The van der Waals surface area contributed by atoms with E-state index in [1.54, 1.807) is 0 Å². The van der Waals surface area contributed by atoms with Gasteiger partial charge in [-0.2, -0.15) is 0 Å². The number of hydrogen-bond donors (Lipinski definition) is 1. The minimum atomic E-state index is -0.869. The normalized spacial score (nSPS) is 30.9. The second-order valence-electron chi connectivity index (χ2n) is 6.86. The summed E-state index contributed by atoms with van der Waals surface area (Å²) in [6, 6.07) is 7.80. The molecule has 0 saturated heterocycles. The first-order valence-corrected chi connectivity index (χ1v) is 7.95. The van der Waals surface area contributed by atoms with Gasteiger partial charge in [-0.25, -0.2) is 0 Å². The van der Waals surface area contributed by atoms with Crippen molar-refractivity contribution in [3.8, 4) is 0 Å². The zero-order chi connectivity index (χ0) is 16.2. The topological polar surface area (TPSA) is 54.4 Å². The molecule has 1 N–H and O–H groups in total. The summed E-state index contributed by atoms with van der Waals surface area (Å²) in [6.45, 7) is 2.10. The Kier molecular flexibility index (Phi) is 2.95. The largest absolute Gasteiger partial charge is 0.481 e. The Morgan fingerprint density at radius 3 is 2.87 bits per heavy atom. The van der Waals surface area contributed by atoms with E-state index in [1.807, 2.05) is 42.5 Å². The summed E-state index contributed by atoms with van der Waals surface area (Å²) in [5.74, 6) is -0.663.